The van der Waals surface area contributed by atoms with Crippen LogP contribution in [0.4, 0.5) is 10.5 Å². The molecule has 1 unspecified atom stereocenters. The fraction of sp³-hybridized carbons (Fsp3) is 0.364. The number of nitrogen functional groups attached to an aromatic ring is 1. The molecule has 1 rings (SSSR count). The van der Waals surface area contributed by atoms with Gasteiger partial charge in [0.15, 0.2) is 0 Å². The zero-order valence-electron chi connectivity index (χ0n) is 10.1. The van der Waals surface area contributed by atoms with Crippen molar-refractivity contribution in [3.8, 4) is 0 Å². The third-order valence-electron chi connectivity index (χ3n) is 1.96. The van der Waals surface area contributed by atoms with Crippen molar-refractivity contribution >= 4 is 21.4 Å². The lowest BCUT2D eigenvalue weighted by Crippen LogP contribution is -2.28. The van der Waals surface area contributed by atoms with Crippen LogP contribution in [-0.2, 0) is 9.73 Å². The fourth-order valence-corrected chi connectivity index (χ4v) is 2.39. The minimum Gasteiger partial charge on any atom is -0.399 e. The molecular formula is C11H17N3O2S. The zero-order chi connectivity index (χ0) is 13.1. The summed E-state index contributed by atoms with van der Waals surface area (Å²) in [7, 11) is -2.74. The Morgan fingerprint density at radius 1 is 1.47 bits per heavy atom. The van der Waals surface area contributed by atoms with Crippen molar-refractivity contribution in [3.63, 3.8) is 0 Å². The van der Waals surface area contributed by atoms with Gasteiger partial charge in [-0.15, -0.1) is 4.36 Å². The number of amides is 2. The third-order valence-corrected chi connectivity index (χ3v) is 3.61. The molecule has 2 amide bonds. The maximum atomic E-state index is 12.2. The first-order chi connectivity index (χ1) is 7.81. The number of carbonyl (C=O) groups is 1. The Balaban J connectivity index is 3.06. The Kier molecular flexibility index (Phi) is 4.11. The molecule has 0 aliphatic rings. The van der Waals surface area contributed by atoms with Gasteiger partial charge in [-0.05, 0) is 32.0 Å². The van der Waals surface area contributed by atoms with E-state index in [2.05, 4.69) is 9.68 Å². The van der Waals surface area contributed by atoms with Crippen LogP contribution in [0, 0.1) is 0 Å². The van der Waals surface area contributed by atoms with E-state index in [1.54, 1.807) is 24.3 Å². The number of nitrogens with one attached hydrogen (secondary N) is 1. The lowest BCUT2D eigenvalue weighted by molar-refractivity contribution is 0.247. The number of nitrogens with zero attached hydrogens (tertiary/aromatic N) is 1. The van der Waals surface area contributed by atoms with Crippen molar-refractivity contribution in [3.05, 3.63) is 24.3 Å². The molecule has 0 saturated carbocycles. The van der Waals surface area contributed by atoms with Gasteiger partial charge in [0.25, 0.3) is 0 Å². The first kappa shape index (κ1) is 13.5. The van der Waals surface area contributed by atoms with E-state index >= 15 is 0 Å². The molecule has 6 heteroatoms. The van der Waals surface area contributed by atoms with Crippen molar-refractivity contribution in [2.45, 2.75) is 24.8 Å². The molecule has 1 aromatic rings. The van der Waals surface area contributed by atoms with E-state index in [9.17, 15) is 9.00 Å². The molecule has 3 N–H and O–H groups in total. The molecule has 0 aliphatic carbocycles. The van der Waals surface area contributed by atoms with Crippen LogP contribution in [0.5, 0.6) is 0 Å². The summed E-state index contributed by atoms with van der Waals surface area (Å²) in [6.07, 6.45) is 1.42. The first-order valence-corrected chi connectivity index (χ1v) is 7.12. The number of hydrogen-bond acceptors (Lipinski definition) is 3. The molecule has 17 heavy (non-hydrogen) atoms. The van der Waals surface area contributed by atoms with Gasteiger partial charge in [0.05, 0.1) is 9.73 Å². The van der Waals surface area contributed by atoms with Crippen LogP contribution in [-0.4, -0.2) is 22.5 Å². The van der Waals surface area contributed by atoms with Gasteiger partial charge in [-0.25, -0.2) is 9.00 Å². The number of urea groups is 1. The third kappa shape index (κ3) is 4.07. The van der Waals surface area contributed by atoms with E-state index in [-0.39, 0.29) is 6.04 Å². The summed E-state index contributed by atoms with van der Waals surface area (Å²) < 4.78 is 15.9. The molecule has 1 atom stereocenters. The Labute approximate surface area is 102 Å². The van der Waals surface area contributed by atoms with Crippen LogP contribution in [0.1, 0.15) is 13.8 Å². The number of hydrogen-bond donors (Lipinski definition) is 2. The van der Waals surface area contributed by atoms with Crippen molar-refractivity contribution in [2.24, 2.45) is 4.36 Å². The summed E-state index contributed by atoms with van der Waals surface area (Å²) in [5.74, 6) is 0. The molecular weight excluding hydrogens is 238 g/mol. The number of nitrogens with two attached hydrogens (primary N) is 1. The van der Waals surface area contributed by atoms with Crippen LogP contribution in [0.2, 0.25) is 0 Å². The summed E-state index contributed by atoms with van der Waals surface area (Å²) in [5.41, 5.74) is 6.10. The predicted octanol–water partition coefficient (Wildman–Crippen LogP) is 1.84. The number of benzene rings is 1. The molecule has 0 fully saturated rings. The Bertz CT molecular complexity index is 531. The highest BCUT2D eigenvalue weighted by molar-refractivity contribution is 7.93. The summed E-state index contributed by atoms with van der Waals surface area (Å²) >= 11 is 0. The number of anilines is 1. The molecule has 0 spiro atoms. The van der Waals surface area contributed by atoms with E-state index < -0.39 is 15.8 Å². The summed E-state index contributed by atoms with van der Waals surface area (Å²) in [6.45, 7) is 3.62. The van der Waals surface area contributed by atoms with Gasteiger partial charge in [0.1, 0.15) is 0 Å². The maximum absolute atomic E-state index is 12.2. The average molecular weight is 255 g/mol. The van der Waals surface area contributed by atoms with Crippen LogP contribution in [0.3, 0.4) is 0 Å². The SMILES string of the molecule is CC(C)NC(=O)N=S(C)(=O)c1cccc(N)c1. The van der Waals surface area contributed by atoms with Crippen molar-refractivity contribution < 1.29 is 9.00 Å². The quantitative estimate of drug-likeness (QED) is 0.791. The molecule has 0 saturated heterocycles. The zero-order valence-corrected chi connectivity index (χ0v) is 11.0. The van der Waals surface area contributed by atoms with E-state index in [1.165, 1.54) is 6.26 Å². The predicted molar refractivity (Wildman–Crippen MR) is 69.3 cm³/mol. The van der Waals surface area contributed by atoms with Crippen LogP contribution in [0.15, 0.2) is 33.5 Å². The molecule has 5 nitrogen and oxygen atoms in total. The minimum atomic E-state index is -2.74. The second kappa shape index (κ2) is 5.18. The maximum Gasteiger partial charge on any atom is 0.349 e. The van der Waals surface area contributed by atoms with Gasteiger partial charge in [-0.3, -0.25) is 0 Å². The standard InChI is InChI=1S/C11H17N3O2S/c1-8(2)13-11(15)14-17(3,16)10-6-4-5-9(12)7-10/h4-8H,12H2,1-3H3,(H,13,15). The topological polar surface area (TPSA) is 84.5 Å². The molecule has 0 aromatic heterocycles. The highest BCUT2D eigenvalue weighted by atomic mass is 32.2. The van der Waals surface area contributed by atoms with Crippen LogP contribution >= 0.6 is 0 Å². The first-order valence-electron chi connectivity index (χ1n) is 5.19. The Morgan fingerprint density at radius 2 is 2.12 bits per heavy atom. The fourth-order valence-electron chi connectivity index (χ4n) is 1.23. The highest BCUT2D eigenvalue weighted by Crippen LogP contribution is 2.14. The number of rotatable bonds is 2. The summed E-state index contributed by atoms with van der Waals surface area (Å²) in [5, 5.41) is 2.57. The smallest absolute Gasteiger partial charge is 0.349 e. The second-order valence-electron chi connectivity index (χ2n) is 4.07. The molecule has 1 aromatic carbocycles. The van der Waals surface area contributed by atoms with Crippen LogP contribution < -0.4 is 11.1 Å². The van der Waals surface area contributed by atoms with E-state index in [1.807, 2.05) is 13.8 Å². The average Bonchev–Trinajstić information content (AvgIpc) is 2.15. The van der Waals surface area contributed by atoms with Crippen molar-refractivity contribution in [2.75, 3.05) is 12.0 Å². The summed E-state index contributed by atoms with van der Waals surface area (Å²) in [4.78, 5) is 11.9. The Hall–Kier alpha value is -1.56. The van der Waals surface area contributed by atoms with Crippen LogP contribution in [0.25, 0.3) is 0 Å². The van der Waals surface area contributed by atoms with E-state index in [4.69, 9.17) is 5.73 Å². The van der Waals surface area contributed by atoms with Gasteiger partial charge in [-0.2, -0.15) is 0 Å². The molecule has 0 aliphatic heterocycles. The number of carbonyl (C=O) groups excluding carboxylic acids is 1. The lowest BCUT2D eigenvalue weighted by atomic mass is 10.3. The molecule has 94 valence electrons. The normalized spacial score (nSPS) is 14.1. The van der Waals surface area contributed by atoms with Gasteiger partial charge < -0.3 is 11.1 Å². The highest BCUT2D eigenvalue weighted by Gasteiger charge is 2.10. The van der Waals surface area contributed by atoms with Gasteiger partial charge in [0.2, 0.25) is 0 Å². The summed E-state index contributed by atoms with van der Waals surface area (Å²) in [6, 6.07) is 5.97. The second-order valence-corrected chi connectivity index (χ2v) is 6.33. The minimum absolute atomic E-state index is 0.0395. The monoisotopic (exact) mass is 255 g/mol. The van der Waals surface area contributed by atoms with E-state index in [0.717, 1.165) is 0 Å². The lowest BCUT2D eigenvalue weighted by Gasteiger charge is -2.07. The van der Waals surface area contributed by atoms with Gasteiger partial charge >= 0.3 is 6.03 Å². The van der Waals surface area contributed by atoms with Gasteiger partial charge in [-0.1, -0.05) is 6.07 Å². The molecule has 0 heterocycles. The Morgan fingerprint density at radius 3 is 2.65 bits per heavy atom. The van der Waals surface area contributed by atoms with Crippen molar-refractivity contribution in [1.29, 1.82) is 0 Å². The van der Waals surface area contributed by atoms with Gasteiger partial charge in [0, 0.05) is 22.9 Å². The molecule has 0 bridgehead atoms. The van der Waals surface area contributed by atoms with E-state index in [0.29, 0.717) is 10.6 Å². The largest absolute Gasteiger partial charge is 0.399 e. The van der Waals surface area contributed by atoms with Crippen molar-refractivity contribution in [1.82, 2.24) is 5.32 Å². The molecule has 0 radical (unpaired) electrons.